The van der Waals surface area contributed by atoms with Gasteiger partial charge in [0.2, 0.25) is 0 Å². The molecule has 0 unspecified atom stereocenters. The summed E-state index contributed by atoms with van der Waals surface area (Å²) >= 11 is 0. The highest BCUT2D eigenvalue weighted by molar-refractivity contribution is 5.77. The molecule has 114 valence electrons. The van der Waals surface area contributed by atoms with Gasteiger partial charge in [0.1, 0.15) is 17.8 Å². The lowest BCUT2D eigenvalue weighted by atomic mass is 10.2. The predicted molar refractivity (Wildman–Crippen MR) is 85.7 cm³/mol. The fourth-order valence-electron chi connectivity index (χ4n) is 3.32. The van der Waals surface area contributed by atoms with Crippen LogP contribution in [0.3, 0.4) is 0 Å². The maximum absolute atomic E-state index is 4.59. The number of hydrogen-bond donors (Lipinski definition) is 2. The van der Waals surface area contributed by atoms with E-state index in [0.717, 1.165) is 22.7 Å². The predicted octanol–water partition coefficient (Wildman–Crippen LogP) is 3.44. The molecule has 1 aliphatic rings. The van der Waals surface area contributed by atoms with Crippen LogP contribution >= 0.6 is 0 Å². The number of rotatable bonds is 4. The summed E-state index contributed by atoms with van der Waals surface area (Å²) in [5.74, 6) is 1.84. The quantitative estimate of drug-likeness (QED) is 0.773. The molecule has 3 aromatic rings. The van der Waals surface area contributed by atoms with Gasteiger partial charge in [-0.3, -0.25) is 0 Å². The van der Waals surface area contributed by atoms with Crippen LogP contribution in [0, 0.1) is 0 Å². The third-order valence-corrected chi connectivity index (χ3v) is 4.48. The van der Waals surface area contributed by atoms with Gasteiger partial charge >= 0.3 is 0 Å². The molecule has 3 heterocycles. The lowest BCUT2D eigenvalue weighted by molar-refractivity contribution is 0.488. The first-order valence-corrected chi connectivity index (χ1v) is 7.91. The molecule has 4 rings (SSSR count). The molecule has 22 heavy (non-hydrogen) atoms. The summed E-state index contributed by atoms with van der Waals surface area (Å²) in [6, 6.07) is 6.71. The van der Waals surface area contributed by atoms with Gasteiger partial charge in [0, 0.05) is 17.6 Å². The van der Waals surface area contributed by atoms with E-state index in [1.807, 2.05) is 24.7 Å². The number of H-pyrrole nitrogens is 1. The van der Waals surface area contributed by atoms with Crippen molar-refractivity contribution in [3.05, 3.63) is 36.5 Å². The van der Waals surface area contributed by atoms with E-state index in [-0.39, 0.29) is 6.04 Å². The summed E-state index contributed by atoms with van der Waals surface area (Å²) < 4.78 is 2.23. The van der Waals surface area contributed by atoms with Crippen molar-refractivity contribution in [2.24, 2.45) is 0 Å². The second-order valence-electron chi connectivity index (χ2n) is 6.01. The molecule has 0 saturated heterocycles. The highest BCUT2D eigenvalue weighted by Crippen LogP contribution is 2.31. The van der Waals surface area contributed by atoms with Crippen molar-refractivity contribution in [3.8, 4) is 0 Å². The molecule has 0 bridgehead atoms. The zero-order valence-electron chi connectivity index (χ0n) is 12.7. The topological polar surface area (TPSA) is 71.4 Å². The van der Waals surface area contributed by atoms with Gasteiger partial charge in [0.15, 0.2) is 5.82 Å². The fraction of sp³-hybridized carbons (Fsp3) is 0.438. The van der Waals surface area contributed by atoms with Crippen LogP contribution in [0.1, 0.15) is 50.5 Å². The van der Waals surface area contributed by atoms with E-state index in [1.165, 1.54) is 25.7 Å². The van der Waals surface area contributed by atoms with Crippen LogP contribution in [-0.4, -0.2) is 24.7 Å². The molecular formula is C16H20N6. The second kappa shape index (κ2) is 5.44. The van der Waals surface area contributed by atoms with E-state index < -0.39 is 0 Å². The van der Waals surface area contributed by atoms with Crippen LogP contribution in [0.15, 0.2) is 30.7 Å². The van der Waals surface area contributed by atoms with E-state index in [1.54, 1.807) is 0 Å². The van der Waals surface area contributed by atoms with Gasteiger partial charge in [-0.2, -0.15) is 0 Å². The van der Waals surface area contributed by atoms with Gasteiger partial charge in [0.25, 0.3) is 0 Å². The van der Waals surface area contributed by atoms with Gasteiger partial charge in [-0.05, 0) is 38.0 Å². The standard InChI is InChI=1S/C16H20N6/c1-11(16-21-18-10-22(16)13-4-2-3-5-13)19-14-7-6-12-8-9-17-15(12)20-14/h6-11,13H,2-5H2,1H3,(H2,17,19,20)/t11-/m0/s1. The third kappa shape index (κ3) is 2.34. The number of hydrogen-bond acceptors (Lipinski definition) is 4. The molecule has 1 atom stereocenters. The average Bonchev–Trinajstić information content (AvgIpc) is 3.26. The average molecular weight is 296 g/mol. The first kappa shape index (κ1) is 13.3. The highest BCUT2D eigenvalue weighted by atomic mass is 15.3. The Labute approximate surface area is 129 Å². The van der Waals surface area contributed by atoms with Crippen molar-refractivity contribution >= 4 is 16.9 Å². The van der Waals surface area contributed by atoms with Crippen molar-refractivity contribution < 1.29 is 0 Å². The van der Waals surface area contributed by atoms with Gasteiger partial charge < -0.3 is 14.9 Å². The van der Waals surface area contributed by atoms with Gasteiger partial charge in [-0.1, -0.05) is 12.8 Å². The van der Waals surface area contributed by atoms with Gasteiger partial charge in [-0.15, -0.1) is 10.2 Å². The lowest BCUT2D eigenvalue weighted by Gasteiger charge is -2.19. The summed E-state index contributed by atoms with van der Waals surface area (Å²) in [7, 11) is 0. The molecule has 6 nitrogen and oxygen atoms in total. The Hall–Kier alpha value is -2.37. The van der Waals surface area contributed by atoms with E-state index in [9.17, 15) is 0 Å². The summed E-state index contributed by atoms with van der Waals surface area (Å²) in [6.07, 6.45) is 8.83. The summed E-state index contributed by atoms with van der Waals surface area (Å²) in [6.45, 7) is 2.11. The zero-order valence-corrected chi connectivity index (χ0v) is 12.7. The van der Waals surface area contributed by atoms with Crippen molar-refractivity contribution in [1.82, 2.24) is 24.7 Å². The largest absolute Gasteiger partial charge is 0.360 e. The minimum Gasteiger partial charge on any atom is -0.360 e. The number of aromatic amines is 1. The maximum atomic E-state index is 4.59. The molecule has 1 saturated carbocycles. The Bertz CT molecular complexity index is 768. The molecule has 0 aromatic carbocycles. The first-order valence-electron chi connectivity index (χ1n) is 7.91. The minimum absolute atomic E-state index is 0.0722. The van der Waals surface area contributed by atoms with E-state index in [4.69, 9.17) is 0 Å². The third-order valence-electron chi connectivity index (χ3n) is 4.48. The van der Waals surface area contributed by atoms with Gasteiger partial charge in [-0.25, -0.2) is 4.98 Å². The molecule has 0 radical (unpaired) electrons. The molecule has 2 N–H and O–H groups in total. The molecule has 0 aliphatic heterocycles. The number of nitrogens with zero attached hydrogens (tertiary/aromatic N) is 4. The monoisotopic (exact) mass is 296 g/mol. The Morgan fingerprint density at radius 2 is 2.14 bits per heavy atom. The molecule has 1 fully saturated rings. The summed E-state index contributed by atoms with van der Waals surface area (Å²) in [5, 5.41) is 13.0. The van der Waals surface area contributed by atoms with Crippen LogP contribution in [0.2, 0.25) is 0 Å². The van der Waals surface area contributed by atoms with Crippen molar-refractivity contribution in [2.75, 3.05) is 5.32 Å². The van der Waals surface area contributed by atoms with Gasteiger partial charge in [0.05, 0.1) is 6.04 Å². The van der Waals surface area contributed by atoms with Crippen molar-refractivity contribution in [2.45, 2.75) is 44.7 Å². The number of pyridine rings is 1. The SMILES string of the molecule is C[C@H](Nc1ccc2cc[nH]c2n1)c1nncn1C1CCCC1. The van der Waals surface area contributed by atoms with E-state index >= 15 is 0 Å². The minimum atomic E-state index is 0.0722. The molecule has 1 aliphatic carbocycles. The molecular weight excluding hydrogens is 276 g/mol. The second-order valence-corrected chi connectivity index (χ2v) is 6.01. The fourth-order valence-corrected chi connectivity index (χ4v) is 3.32. The smallest absolute Gasteiger partial charge is 0.155 e. The Kier molecular flexibility index (Phi) is 3.29. The molecule has 6 heteroatoms. The van der Waals surface area contributed by atoms with E-state index in [0.29, 0.717) is 6.04 Å². The van der Waals surface area contributed by atoms with E-state index in [2.05, 4.69) is 43.0 Å². The summed E-state index contributed by atoms with van der Waals surface area (Å²) in [5.41, 5.74) is 0.898. The summed E-state index contributed by atoms with van der Waals surface area (Å²) in [4.78, 5) is 7.73. The van der Waals surface area contributed by atoms with Crippen LogP contribution in [0.4, 0.5) is 5.82 Å². The number of fused-ring (bicyclic) bond motifs is 1. The highest BCUT2D eigenvalue weighted by Gasteiger charge is 2.22. The Morgan fingerprint density at radius 1 is 1.27 bits per heavy atom. The van der Waals surface area contributed by atoms with Crippen LogP contribution in [-0.2, 0) is 0 Å². The van der Waals surface area contributed by atoms with Crippen molar-refractivity contribution in [1.29, 1.82) is 0 Å². The molecule has 3 aromatic heterocycles. The number of nitrogens with one attached hydrogen (secondary N) is 2. The Morgan fingerprint density at radius 3 is 3.00 bits per heavy atom. The maximum Gasteiger partial charge on any atom is 0.155 e. The van der Waals surface area contributed by atoms with Crippen molar-refractivity contribution in [3.63, 3.8) is 0 Å². The molecule has 0 amide bonds. The Balaban J connectivity index is 1.56. The first-order chi connectivity index (χ1) is 10.8. The lowest BCUT2D eigenvalue weighted by Crippen LogP contribution is -2.16. The zero-order chi connectivity index (χ0) is 14.9. The van der Waals surface area contributed by atoms with Crippen LogP contribution in [0.5, 0.6) is 0 Å². The molecule has 0 spiro atoms. The number of anilines is 1. The van der Waals surface area contributed by atoms with Crippen LogP contribution in [0.25, 0.3) is 11.0 Å². The number of aromatic nitrogens is 5. The van der Waals surface area contributed by atoms with Crippen LogP contribution < -0.4 is 5.32 Å². The normalized spacial score (nSPS) is 17.1.